The third-order valence-corrected chi connectivity index (χ3v) is 4.43. The van der Waals surface area contributed by atoms with Gasteiger partial charge in [-0.15, -0.1) is 0 Å². The first-order chi connectivity index (χ1) is 12.2. The molecule has 2 rings (SSSR count). The van der Waals surface area contributed by atoms with Crippen LogP contribution in [0.1, 0.15) is 13.8 Å². The predicted molar refractivity (Wildman–Crippen MR) is 104 cm³/mol. The van der Waals surface area contributed by atoms with E-state index in [1.54, 1.807) is 0 Å². The maximum atomic E-state index is 5.71. The van der Waals surface area contributed by atoms with Crippen LogP contribution < -0.4 is 15.4 Å². The van der Waals surface area contributed by atoms with E-state index in [9.17, 15) is 0 Å². The van der Waals surface area contributed by atoms with Gasteiger partial charge in [-0.3, -0.25) is 9.89 Å². The second-order valence-electron chi connectivity index (χ2n) is 6.50. The Hall–Kier alpha value is -1.79. The molecule has 1 aliphatic heterocycles. The Morgan fingerprint density at radius 1 is 1.16 bits per heavy atom. The second-order valence-corrected chi connectivity index (χ2v) is 6.50. The van der Waals surface area contributed by atoms with Gasteiger partial charge in [0.05, 0.1) is 13.1 Å². The molecule has 1 aromatic carbocycles. The highest BCUT2D eigenvalue weighted by Gasteiger charge is 2.18. The standard InChI is InChI=1S/C19H33N5O/c1-4-20-19(21-10-15-25-18-8-6-5-7-9-18)22-16-17(2)24-13-11-23(3)12-14-24/h5-9,17H,4,10-16H2,1-3H3,(H2,20,21,22). The summed E-state index contributed by atoms with van der Waals surface area (Å²) in [5, 5.41) is 6.65. The minimum atomic E-state index is 0.463. The van der Waals surface area contributed by atoms with Crippen LogP contribution in [0.15, 0.2) is 35.3 Å². The van der Waals surface area contributed by atoms with Crippen molar-refractivity contribution < 1.29 is 4.74 Å². The van der Waals surface area contributed by atoms with E-state index in [0.29, 0.717) is 12.6 Å². The third kappa shape index (κ3) is 7.32. The number of aliphatic imine (C=N–C) groups is 1. The van der Waals surface area contributed by atoms with Gasteiger partial charge in [-0.05, 0) is 33.0 Å². The van der Waals surface area contributed by atoms with Crippen molar-refractivity contribution in [3.63, 3.8) is 0 Å². The average Bonchev–Trinajstić information content (AvgIpc) is 2.64. The van der Waals surface area contributed by atoms with Crippen molar-refractivity contribution in [2.45, 2.75) is 19.9 Å². The van der Waals surface area contributed by atoms with Gasteiger partial charge >= 0.3 is 0 Å². The molecule has 25 heavy (non-hydrogen) atoms. The van der Waals surface area contributed by atoms with Gasteiger partial charge in [0, 0.05) is 38.8 Å². The molecule has 0 spiro atoms. The Balaban J connectivity index is 1.71. The first-order valence-electron chi connectivity index (χ1n) is 9.31. The molecule has 1 fully saturated rings. The molecule has 6 nitrogen and oxygen atoms in total. The minimum absolute atomic E-state index is 0.463. The van der Waals surface area contributed by atoms with Crippen LogP contribution in [0.25, 0.3) is 0 Å². The molecule has 140 valence electrons. The van der Waals surface area contributed by atoms with Gasteiger partial charge in [0.15, 0.2) is 5.96 Å². The summed E-state index contributed by atoms with van der Waals surface area (Å²) in [6.45, 7) is 11.9. The summed E-state index contributed by atoms with van der Waals surface area (Å²) in [6.07, 6.45) is 0. The van der Waals surface area contributed by atoms with Crippen molar-refractivity contribution in [3.8, 4) is 5.75 Å². The molecule has 0 bridgehead atoms. The number of hydrogen-bond acceptors (Lipinski definition) is 4. The van der Waals surface area contributed by atoms with Crippen LogP contribution in [0.4, 0.5) is 0 Å². The Kier molecular flexibility index (Phi) is 8.55. The van der Waals surface area contributed by atoms with Crippen LogP contribution in [0, 0.1) is 0 Å². The molecule has 1 unspecified atom stereocenters. The average molecular weight is 348 g/mol. The number of likely N-dealkylation sites (N-methyl/N-ethyl adjacent to an activating group) is 1. The van der Waals surface area contributed by atoms with E-state index in [-0.39, 0.29) is 0 Å². The third-order valence-electron chi connectivity index (χ3n) is 4.43. The molecule has 1 saturated heterocycles. The Labute approximate surface area is 152 Å². The number of nitrogens with one attached hydrogen (secondary N) is 2. The lowest BCUT2D eigenvalue weighted by atomic mass is 10.2. The zero-order valence-electron chi connectivity index (χ0n) is 15.9. The molecule has 0 amide bonds. The van der Waals surface area contributed by atoms with Crippen LogP contribution in [0.3, 0.4) is 0 Å². The van der Waals surface area contributed by atoms with E-state index in [0.717, 1.165) is 57.5 Å². The summed E-state index contributed by atoms with van der Waals surface area (Å²) in [5.41, 5.74) is 0. The van der Waals surface area contributed by atoms with Crippen molar-refractivity contribution in [2.24, 2.45) is 4.99 Å². The van der Waals surface area contributed by atoms with Crippen molar-refractivity contribution in [1.82, 2.24) is 20.4 Å². The van der Waals surface area contributed by atoms with Crippen molar-refractivity contribution in [2.75, 3.05) is 59.5 Å². The smallest absolute Gasteiger partial charge is 0.191 e. The molecular formula is C19H33N5O. The first kappa shape index (κ1) is 19.5. The number of ether oxygens (including phenoxy) is 1. The van der Waals surface area contributed by atoms with E-state index < -0.39 is 0 Å². The summed E-state index contributed by atoms with van der Waals surface area (Å²) < 4.78 is 5.71. The van der Waals surface area contributed by atoms with Gasteiger partial charge in [0.25, 0.3) is 0 Å². The number of piperazine rings is 1. The number of rotatable bonds is 8. The molecule has 1 atom stereocenters. The summed E-state index contributed by atoms with van der Waals surface area (Å²) >= 11 is 0. The molecule has 1 aliphatic rings. The van der Waals surface area contributed by atoms with Crippen LogP contribution >= 0.6 is 0 Å². The summed E-state index contributed by atoms with van der Waals surface area (Å²) in [5.74, 6) is 1.76. The highest BCUT2D eigenvalue weighted by Crippen LogP contribution is 2.07. The molecule has 0 aromatic heterocycles. The molecule has 0 saturated carbocycles. The van der Waals surface area contributed by atoms with Crippen LogP contribution in [0.2, 0.25) is 0 Å². The monoisotopic (exact) mass is 347 g/mol. The van der Waals surface area contributed by atoms with Gasteiger partial charge < -0.3 is 20.3 Å². The van der Waals surface area contributed by atoms with E-state index in [4.69, 9.17) is 9.73 Å². The van der Waals surface area contributed by atoms with E-state index in [2.05, 4.69) is 41.3 Å². The predicted octanol–water partition coefficient (Wildman–Crippen LogP) is 1.26. The number of hydrogen-bond donors (Lipinski definition) is 2. The number of para-hydroxylation sites is 1. The van der Waals surface area contributed by atoms with E-state index >= 15 is 0 Å². The lowest BCUT2D eigenvalue weighted by Crippen LogP contribution is -2.49. The van der Waals surface area contributed by atoms with Gasteiger partial charge in [-0.1, -0.05) is 18.2 Å². The maximum Gasteiger partial charge on any atom is 0.191 e. The number of guanidine groups is 1. The largest absolute Gasteiger partial charge is 0.492 e. The summed E-state index contributed by atoms with van der Waals surface area (Å²) in [7, 11) is 2.19. The van der Waals surface area contributed by atoms with Crippen molar-refractivity contribution in [3.05, 3.63) is 30.3 Å². The maximum absolute atomic E-state index is 5.71. The normalized spacial score (nSPS) is 18.0. The topological polar surface area (TPSA) is 52.1 Å². The number of benzene rings is 1. The van der Waals surface area contributed by atoms with E-state index in [1.807, 2.05) is 30.3 Å². The zero-order chi connectivity index (χ0) is 17.9. The van der Waals surface area contributed by atoms with Crippen molar-refractivity contribution >= 4 is 5.96 Å². The minimum Gasteiger partial charge on any atom is -0.492 e. The van der Waals surface area contributed by atoms with Gasteiger partial charge in [-0.2, -0.15) is 0 Å². The molecule has 1 aromatic rings. The van der Waals surface area contributed by atoms with E-state index in [1.165, 1.54) is 0 Å². The molecule has 2 N–H and O–H groups in total. The summed E-state index contributed by atoms with van der Waals surface area (Å²) in [4.78, 5) is 9.63. The number of nitrogens with zero attached hydrogens (tertiary/aromatic N) is 3. The second kappa shape index (κ2) is 10.9. The fourth-order valence-corrected chi connectivity index (χ4v) is 2.80. The van der Waals surface area contributed by atoms with Gasteiger partial charge in [-0.25, -0.2) is 0 Å². The quantitative estimate of drug-likeness (QED) is 0.421. The molecular weight excluding hydrogens is 314 g/mol. The SMILES string of the molecule is CCNC(=NCC(C)N1CCN(C)CC1)NCCOc1ccccc1. The Bertz CT molecular complexity index is 500. The Morgan fingerprint density at radius 2 is 1.88 bits per heavy atom. The van der Waals surface area contributed by atoms with Crippen molar-refractivity contribution in [1.29, 1.82) is 0 Å². The highest BCUT2D eigenvalue weighted by atomic mass is 16.5. The fraction of sp³-hybridized carbons (Fsp3) is 0.632. The highest BCUT2D eigenvalue weighted by molar-refractivity contribution is 5.79. The lowest BCUT2D eigenvalue weighted by molar-refractivity contribution is 0.122. The van der Waals surface area contributed by atoms with Crippen LogP contribution in [0.5, 0.6) is 5.75 Å². The molecule has 1 heterocycles. The molecule has 0 aliphatic carbocycles. The molecule has 0 radical (unpaired) electrons. The van der Waals surface area contributed by atoms with Crippen LogP contribution in [-0.4, -0.2) is 81.3 Å². The summed E-state index contributed by atoms with van der Waals surface area (Å²) in [6, 6.07) is 10.4. The van der Waals surface area contributed by atoms with Gasteiger partial charge in [0.2, 0.25) is 0 Å². The molecule has 6 heteroatoms. The fourth-order valence-electron chi connectivity index (χ4n) is 2.80. The Morgan fingerprint density at radius 3 is 2.56 bits per heavy atom. The van der Waals surface area contributed by atoms with Gasteiger partial charge in [0.1, 0.15) is 12.4 Å². The zero-order valence-corrected chi connectivity index (χ0v) is 15.9. The lowest BCUT2D eigenvalue weighted by Gasteiger charge is -2.35. The first-order valence-corrected chi connectivity index (χ1v) is 9.31. The van der Waals surface area contributed by atoms with Crippen LogP contribution in [-0.2, 0) is 0 Å².